The van der Waals surface area contributed by atoms with Crippen molar-refractivity contribution >= 4 is 50.1 Å². The molecular weight excluding hydrogens is 454 g/mol. The third kappa shape index (κ3) is 4.20. The summed E-state index contributed by atoms with van der Waals surface area (Å²) in [7, 11) is -3.84. The number of hydrogen-bond donors (Lipinski definition) is 1. The fraction of sp³-hybridized carbons (Fsp3) is 0.300. The minimum Gasteiger partial charge on any atom is -0.319 e. The van der Waals surface area contributed by atoms with Crippen molar-refractivity contribution in [1.29, 1.82) is 0 Å². The van der Waals surface area contributed by atoms with Crippen molar-refractivity contribution in [3.8, 4) is 0 Å². The first kappa shape index (κ1) is 22.2. The fourth-order valence-electron chi connectivity index (χ4n) is 3.84. The van der Waals surface area contributed by atoms with Gasteiger partial charge in [0.25, 0.3) is 5.69 Å². The average molecular weight is 476 g/mol. The lowest BCUT2D eigenvalue weighted by Crippen LogP contribution is -2.36. The molecular formula is C20H21N5O5S2. The topological polar surface area (TPSA) is 141 Å². The first-order chi connectivity index (χ1) is 15.2. The number of non-ortho nitro benzene ring substituents is 1. The van der Waals surface area contributed by atoms with Crippen molar-refractivity contribution in [1.82, 2.24) is 9.55 Å². The van der Waals surface area contributed by atoms with Gasteiger partial charge in [-0.15, -0.1) is 0 Å². The molecule has 2 N–H and O–H groups in total. The van der Waals surface area contributed by atoms with Crippen molar-refractivity contribution in [2.45, 2.75) is 36.4 Å². The van der Waals surface area contributed by atoms with Crippen LogP contribution in [-0.4, -0.2) is 41.1 Å². The van der Waals surface area contributed by atoms with Crippen LogP contribution in [0.1, 0.15) is 18.9 Å². The normalized spacial score (nSPS) is 13.9. The molecule has 32 heavy (non-hydrogen) atoms. The SMILES string of the molecule is CCn1c(SCC(=O)N2CCCc3cc([N+](=O)[O-])ccc32)nc2cc(S(N)(=O)=O)ccc21. The van der Waals surface area contributed by atoms with Gasteiger partial charge in [0.1, 0.15) is 0 Å². The largest absolute Gasteiger partial charge is 0.319 e. The maximum atomic E-state index is 13.0. The molecule has 0 radical (unpaired) electrons. The van der Waals surface area contributed by atoms with Crippen LogP contribution in [0.15, 0.2) is 46.5 Å². The molecule has 0 aliphatic carbocycles. The van der Waals surface area contributed by atoms with Crippen LogP contribution in [0.5, 0.6) is 0 Å². The van der Waals surface area contributed by atoms with Crippen LogP contribution in [0.3, 0.4) is 0 Å². The van der Waals surface area contributed by atoms with Gasteiger partial charge in [0.05, 0.1) is 26.6 Å². The highest BCUT2D eigenvalue weighted by atomic mass is 32.2. The van der Waals surface area contributed by atoms with Gasteiger partial charge in [0.2, 0.25) is 15.9 Å². The summed E-state index contributed by atoms with van der Waals surface area (Å²) in [5.74, 6) is 0.00617. The standard InChI is InChI=1S/C20H21N5O5S2/c1-2-23-18-8-6-15(32(21,29)30)11-16(18)22-20(23)31-12-19(26)24-9-3-4-13-10-14(25(27)28)5-7-17(13)24/h5-8,10-11H,2-4,9,12H2,1H3,(H2,21,29,30). The number of imidazole rings is 1. The summed E-state index contributed by atoms with van der Waals surface area (Å²) in [5, 5.41) is 16.9. The first-order valence-electron chi connectivity index (χ1n) is 9.92. The number of anilines is 1. The van der Waals surface area contributed by atoms with Crippen LogP contribution in [0.4, 0.5) is 11.4 Å². The van der Waals surface area contributed by atoms with Crippen molar-refractivity contribution in [2.75, 3.05) is 17.2 Å². The molecule has 0 bridgehead atoms. The second-order valence-electron chi connectivity index (χ2n) is 7.34. The Labute approximate surface area is 188 Å². The molecule has 3 aromatic rings. The Morgan fingerprint density at radius 1 is 1.28 bits per heavy atom. The Morgan fingerprint density at radius 3 is 2.75 bits per heavy atom. The summed E-state index contributed by atoms with van der Waals surface area (Å²) in [5.41, 5.74) is 2.76. The summed E-state index contributed by atoms with van der Waals surface area (Å²) in [6.45, 7) is 3.08. The lowest BCUT2D eigenvalue weighted by atomic mass is 10.0. The number of carbonyl (C=O) groups is 1. The summed E-state index contributed by atoms with van der Waals surface area (Å²) in [6.07, 6.45) is 1.42. The zero-order valence-corrected chi connectivity index (χ0v) is 18.9. The van der Waals surface area contributed by atoms with E-state index in [0.29, 0.717) is 35.9 Å². The number of aryl methyl sites for hydroxylation is 2. The zero-order valence-electron chi connectivity index (χ0n) is 17.2. The van der Waals surface area contributed by atoms with Crippen molar-refractivity contribution < 1.29 is 18.1 Å². The molecule has 1 aliphatic heterocycles. The molecule has 2 heterocycles. The van der Waals surface area contributed by atoms with Crippen LogP contribution in [0, 0.1) is 10.1 Å². The molecule has 4 rings (SSSR count). The van der Waals surface area contributed by atoms with Crippen LogP contribution in [0.2, 0.25) is 0 Å². The Morgan fingerprint density at radius 2 is 2.06 bits per heavy atom. The molecule has 0 spiro atoms. The zero-order chi connectivity index (χ0) is 23.0. The number of sulfonamides is 1. The summed E-state index contributed by atoms with van der Waals surface area (Å²) in [6, 6.07) is 9.10. The third-order valence-electron chi connectivity index (χ3n) is 5.35. The Balaban J connectivity index is 1.56. The molecule has 2 aromatic carbocycles. The van der Waals surface area contributed by atoms with E-state index >= 15 is 0 Å². The predicted octanol–water partition coefficient (Wildman–Crippen LogP) is 2.68. The average Bonchev–Trinajstić information content (AvgIpc) is 3.12. The number of aromatic nitrogens is 2. The number of nitro groups is 1. The number of primary sulfonamides is 1. The fourth-order valence-corrected chi connectivity index (χ4v) is 5.33. The Hall–Kier alpha value is -2.96. The van der Waals surface area contributed by atoms with E-state index in [9.17, 15) is 23.3 Å². The molecule has 168 valence electrons. The minimum absolute atomic E-state index is 0.0163. The van der Waals surface area contributed by atoms with E-state index in [4.69, 9.17) is 5.14 Å². The van der Waals surface area contributed by atoms with Gasteiger partial charge in [0, 0.05) is 30.9 Å². The quantitative estimate of drug-likeness (QED) is 0.328. The van der Waals surface area contributed by atoms with Crippen molar-refractivity contribution in [2.24, 2.45) is 5.14 Å². The number of carbonyl (C=O) groups excluding carboxylic acids is 1. The van der Waals surface area contributed by atoms with E-state index in [2.05, 4.69) is 4.98 Å². The lowest BCUT2D eigenvalue weighted by molar-refractivity contribution is -0.384. The highest BCUT2D eigenvalue weighted by Crippen LogP contribution is 2.32. The van der Waals surface area contributed by atoms with E-state index in [1.165, 1.54) is 36.0 Å². The highest BCUT2D eigenvalue weighted by Gasteiger charge is 2.25. The van der Waals surface area contributed by atoms with E-state index in [0.717, 1.165) is 17.5 Å². The molecule has 1 aromatic heterocycles. The van der Waals surface area contributed by atoms with Gasteiger partial charge in [0.15, 0.2) is 5.16 Å². The van der Waals surface area contributed by atoms with E-state index in [1.54, 1.807) is 17.0 Å². The molecule has 0 unspecified atom stereocenters. The second kappa shape index (κ2) is 8.52. The van der Waals surface area contributed by atoms with Crippen LogP contribution in [-0.2, 0) is 27.8 Å². The van der Waals surface area contributed by atoms with Gasteiger partial charge in [-0.3, -0.25) is 14.9 Å². The summed E-state index contributed by atoms with van der Waals surface area (Å²) >= 11 is 1.27. The maximum absolute atomic E-state index is 13.0. The third-order valence-corrected chi connectivity index (χ3v) is 7.22. The maximum Gasteiger partial charge on any atom is 0.269 e. The summed E-state index contributed by atoms with van der Waals surface area (Å²) in [4.78, 5) is 29.8. The van der Waals surface area contributed by atoms with Gasteiger partial charge >= 0.3 is 0 Å². The number of amides is 1. The highest BCUT2D eigenvalue weighted by molar-refractivity contribution is 7.99. The number of fused-ring (bicyclic) bond motifs is 2. The molecule has 1 aliphatic rings. The van der Waals surface area contributed by atoms with E-state index in [-0.39, 0.29) is 22.2 Å². The van der Waals surface area contributed by atoms with Crippen LogP contribution in [0.25, 0.3) is 11.0 Å². The Bertz CT molecular complexity index is 1340. The molecule has 0 saturated heterocycles. The minimum atomic E-state index is -3.84. The number of thioether (sulfide) groups is 1. The predicted molar refractivity (Wildman–Crippen MR) is 121 cm³/mol. The lowest BCUT2D eigenvalue weighted by Gasteiger charge is -2.29. The Kier molecular flexibility index (Phi) is 5.93. The van der Waals surface area contributed by atoms with Gasteiger partial charge < -0.3 is 9.47 Å². The van der Waals surface area contributed by atoms with E-state index in [1.807, 2.05) is 11.5 Å². The molecule has 0 fully saturated rings. The molecule has 1 amide bonds. The molecule has 0 saturated carbocycles. The van der Waals surface area contributed by atoms with Gasteiger partial charge in [-0.2, -0.15) is 0 Å². The van der Waals surface area contributed by atoms with Crippen molar-refractivity contribution in [3.05, 3.63) is 52.1 Å². The number of benzene rings is 2. The number of hydrogen-bond acceptors (Lipinski definition) is 7. The molecule has 12 heteroatoms. The second-order valence-corrected chi connectivity index (χ2v) is 9.85. The molecule has 0 atom stereocenters. The first-order valence-corrected chi connectivity index (χ1v) is 12.5. The van der Waals surface area contributed by atoms with Gasteiger partial charge in [-0.1, -0.05) is 11.8 Å². The number of rotatable bonds is 6. The van der Waals surface area contributed by atoms with E-state index < -0.39 is 14.9 Å². The number of nitro benzene ring substituents is 1. The summed E-state index contributed by atoms with van der Waals surface area (Å²) < 4.78 is 25.2. The van der Waals surface area contributed by atoms with Gasteiger partial charge in [-0.05, 0) is 49.6 Å². The smallest absolute Gasteiger partial charge is 0.269 e. The number of nitrogens with two attached hydrogens (primary N) is 1. The molecule has 10 nitrogen and oxygen atoms in total. The van der Waals surface area contributed by atoms with Crippen molar-refractivity contribution in [3.63, 3.8) is 0 Å². The monoisotopic (exact) mass is 475 g/mol. The number of nitrogens with zero attached hydrogens (tertiary/aromatic N) is 4. The van der Waals surface area contributed by atoms with Crippen LogP contribution < -0.4 is 10.0 Å². The van der Waals surface area contributed by atoms with Crippen LogP contribution >= 0.6 is 11.8 Å². The van der Waals surface area contributed by atoms with Gasteiger partial charge in [-0.25, -0.2) is 18.5 Å².